The minimum Gasteiger partial charge on any atom is -0.322 e. The van der Waals surface area contributed by atoms with Crippen molar-refractivity contribution in [3.8, 4) is 0 Å². The van der Waals surface area contributed by atoms with Crippen LogP contribution in [0.15, 0.2) is 54.5 Å². The van der Waals surface area contributed by atoms with Gasteiger partial charge >= 0.3 is 0 Å². The Balaban J connectivity index is 2.26. The van der Waals surface area contributed by atoms with Crippen molar-refractivity contribution in [2.24, 2.45) is 0 Å². The van der Waals surface area contributed by atoms with Crippen LogP contribution in [0.5, 0.6) is 0 Å². The highest BCUT2D eigenvalue weighted by Crippen LogP contribution is 2.17. The zero-order chi connectivity index (χ0) is 15.9. The number of nitrogens with zero attached hydrogens (tertiary/aromatic N) is 1. The Morgan fingerprint density at radius 3 is 2.59 bits per heavy atom. The zero-order valence-corrected chi connectivity index (χ0v) is 14.0. The molecule has 5 nitrogen and oxygen atoms in total. The van der Waals surface area contributed by atoms with Crippen LogP contribution in [0.3, 0.4) is 0 Å². The number of nitrogens with one attached hydrogen (secondary N) is 2. The van der Waals surface area contributed by atoms with E-state index >= 15 is 0 Å². The summed E-state index contributed by atoms with van der Waals surface area (Å²) in [6.45, 7) is 1.36. The van der Waals surface area contributed by atoms with Gasteiger partial charge in [-0.1, -0.05) is 18.2 Å². The predicted octanol–water partition coefficient (Wildman–Crippen LogP) is 2.80. The molecule has 0 radical (unpaired) electrons. The number of halogens is 1. The van der Waals surface area contributed by atoms with Crippen LogP contribution >= 0.6 is 22.6 Å². The van der Waals surface area contributed by atoms with Crippen LogP contribution in [0.4, 0.5) is 5.69 Å². The Morgan fingerprint density at radius 2 is 1.95 bits per heavy atom. The maximum absolute atomic E-state index is 12.4. The van der Waals surface area contributed by atoms with Crippen molar-refractivity contribution in [3.63, 3.8) is 0 Å². The Morgan fingerprint density at radius 1 is 1.18 bits per heavy atom. The van der Waals surface area contributed by atoms with Gasteiger partial charge in [-0.3, -0.25) is 14.6 Å². The molecule has 1 heterocycles. The standard InChI is InChI=1S/C16H14IN3O2/c1-11(21)19-15(9-12-5-4-8-18-10-12)16(22)20-14-7-3-2-6-13(14)17/h2-10H,1H3,(H,19,21)(H,20,22). The summed E-state index contributed by atoms with van der Waals surface area (Å²) in [6.07, 6.45) is 4.84. The molecule has 0 aliphatic heterocycles. The zero-order valence-electron chi connectivity index (χ0n) is 11.8. The molecule has 2 aromatic rings. The summed E-state index contributed by atoms with van der Waals surface area (Å²) in [7, 11) is 0. The van der Waals surface area contributed by atoms with Gasteiger partial charge in [-0.2, -0.15) is 0 Å². The average Bonchev–Trinajstić information content (AvgIpc) is 2.49. The fraction of sp³-hybridized carbons (Fsp3) is 0.0625. The van der Waals surface area contributed by atoms with E-state index in [2.05, 4.69) is 38.2 Å². The lowest BCUT2D eigenvalue weighted by Crippen LogP contribution is -2.29. The molecule has 22 heavy (non-hydrogen) atoms. The van der Waals surface area contributed by atoms with E-state index in [4.69, 9.17) is 0 Å². The lowest BCUT2D eigenvalue weighted by Gasteiger charge is -2.11. The van der Waals surface area contributed by atoms with Crippen LogP contribution in [0.2, 0.25) is 0 Å². The molecule has 0 aliphatic carbocycles. The number of carbonyl (C=O) groups is 2. The molecule has 2 N–H and O–H groups in total. The van der Waals surface area contributed by atoms with E-state index in [0.29, 0.717) is 5.69 Å². The number of aromatic nitrogens is 1. The van der Waals surface area contributed by atoms with E-state index in [1.165, 1.54) is 6.92 Å². The quantitative estimate of drug-likeness (QED) is 0.605. The number of hydrogen-bond donors (Lipinski definition) is 2. The molecule has 0 saturated heterocycles. The van der Waals surface area contributed by atoms with Crippen LogP contribution in [-0.4, -0.2) is 16.8 Å². The van der Waals surface area contributed by atoms with Crippen molar-refractivity contribution in [2.45, 2.75) is 6.92 Å². The largest absolute Gasteiger partial charge is 0.322 e. The molecular formula is C16H14IN3O2. The fourth-order valence-electron chi connectivity index (χ4n) is 1.73. The molecule has 6 heteroatoms. The monoisotopic (exact) mass is 407 g/mol. The maximum Gasteiger partial charge on any atom is 0.272 e. The van der Waals surface area contributed by atoms with Crippen LogP contribution in [0.25, 0.3) is 6.08 Å². The number of pyridine rings is 1. The number of hydrogen-bond acceptors (Lipinski definition) is 3. The summed E-state index contributed by atoms with van der Waals surface area (Å²) in [4.78, 5) is 27.7. The van der Waals surface area contributed by atoms with Gasteiger partial charge in [-0.05, 0) is 52.4 Å². The lowest BCUT2D eigenvalue weighted by atomic mass is 10.2. The van der Waals surface area contributed by atoms with Crippen molar-refractivity contribution in [1.29, 1.82) is 0 Å². The van der Waals surface area contributed by atoms with Gasteiger partial charge in [0.1, 0.15) is 5.70 Å². The third-order valence-corrected chi connectivity index (χ3v) is 3.61. The number of benzene rings is 1. The van der Waals surface area contributed by atoms with Crippen LogP contribution in [-0.2, 0) is 9.59 Å². The third-order valence-electron chi connectivity index (χ3n) is 2.67. The molecule has 0 spiro atoms. The third kappa shape index (κ3) is 4.66. The molecule has 0 atom stereocenters. The first-order chi connectivity index (χ1) is 10.6. The number of rotatable bonds is 4. The molecule has 1 aromatic carbocycles. The van der Waals surface area contributed by atoms with E-state index in [1.807, 2.05) is 18.2 Å². The van der Waals surface area contributed by atoms with Crippen molar-refractivity contribution in [2.75, 3.05) is 5.32 Å². The van der Waals surface area contributed by atoms with Crippen LogP contribution in [0, 0.1) is 3.57 Å². The first-order valence-corrected chi connectivity index (χ1v) is 7.59. The highest BCUT2D eigenvalue weighted by Gasteiger charge is 2.12. The summed E-state index contributed by atoms with van der Waals surface area (Å²) in [5.41, 5.74) is 1.58. The first-order valence-electron chi connectivity index (χ1n) is 6.51. The summed E-state index contributed by atoms with van der Waals surface area (Å²) < 4.78 is 0.914. The van der Waals surface area contributed by atoms with Crippen LogP contribution in [0.1, 0.15) is 12.5 Å². The molecule has 2 rings (SSSR count). The normalized spacial score (nSPS) is 10.9. The van der Waals surface area contributed by atoms with Gasteiger partial charge in [0.2, 0.25) is 5.91 Å². The topological polar surface area (TPSA) is 71.1 Å². The van der Waals surface area contributed by atoms with Crippen molar-refractivity contribution < 1.29 is 9.59 Å². The summed E-state index contributed by atoms with van der Waals surface area (Å²) in [5, 5.41) is 5.33. The Kier molecular flexibility index (Phi) is 5.65. The van der Waals surface area contributed by atoms with Crippen molar-refractivity contribution >= 4 is 46.2 Å². The number of anilines is 1. The average molecular weight is 407 g/mol. The van der Waals surface area contributed by atoms with E-state index < -0.39 is 0 Å². The summed E-state index contributed by atoms with van der Waals surface area (Å²) in [6, 6.07) is 11.0. The second kappa shape index (κ2) is 7.69. The van der Waals surface area contributed by atoms with Gasteiger partial charge in [-0.15, -0.1) is 0 Å². The van der Waals surface area contributed by atoms with E-state index in [9.17, 15) is 9.59 Å². The van der Waals surface area contributed by atoms with Gasteiger partial charge in [-0.25, -0.2) is 0 Å². The molecule has 0 fully saturated rings. The van der Waals surface area contributed by atoms with Gasteiger partial charge < -0.3 is 10.6 Å². The second-order valence-electron chi connectivity index (χ2n) is 4.46. The van der Waals surface area contributed by atoms with Gasteiger partial charge in [0.25, 0.3) is 5.91 Å². The molecule has 2 amide bonds. The Bertz CT molecular complexity index is 714. The number of carbonyl (C=O) groups excluding carboxylic acids is 2. The lowest BCUT2D eigenvalue weighted by molar-refractivity contribution is -0.120. The highest BCUT2D eigenvalue weighted by atomic mass is 127. The van der Waals surface area contributed by atoms with Crippen molar-refractivity contribution in [1.82, 2.24) is 10.3 Å². The van der Waals surface area contributed by atoms with E-state index in [-0.39, 0.29) is 17.5 Å². The molecule has 0 aliphatic rings. The highest BCUT2D eigenvalue weighted by molar-refractivity contribution is 14.1. The number of para-hydroxylation sites is 1. The van der Waals surface area contributed by atoms with Gasteiger partial charge in [0, 0.05) is 22.9 Å². The smallest absolute Gasteiger partial charge is 0.272 e. The SMILES string of the molecule is CC(=O)NC(=Cc1cccnc1)C(=O)Nc1ccccc1I. The van der Waals surface area contributed by atoms with E-state index in [1.54, 1.807) is 36.7 Å². The predicted molar refractivity (Wildman–Crippen MR) is 93.8 cm³/mol. The Labute approximate surface area is 142 Å². The second-order valence-corrected chi connectivity index (χ2v) is 5.62. The molecule has 0 bridgehead atoms. The first kappa shape index (κ1) is 16.2. The minimum atomic E-state index is -0.386. The Hall–Kier alpha value is -2.22. The fourth-order valence-corrected chi connectivity index (χ4v) is 2.25. The summed E-state index contributed by atoms with van der Waals surface area (Å²) in [5.74, 6) is -0.698. The molecule has 0 unspecified atom stereocenters. The molecule has 0 saturated carbocycles. The summed E-state index contributed by atoms with van der Waals surface area (Å²) >= 11 is 2.13. The van der Waals surface area contributed by atoms with Crippen LogP contribution < -0.4 is 10.6 Å². The molecule has 1 aromatic heterocycles. The van der Waals surface area contributed by atoms with Crippen molar-refractivity contribution in [3.05, 3.63) is 63.6 Å². The molecule has 112 valence electrons. The van der Waals surface area contributed by atoms with E-state index in [0.717, 1.165) is 9.13 Å². The molecular weight excluding hydrogens is 393 g/mol. The maximum atomic E-state index is 12.4. The minimum absolute atomic E-state index is 0.167. The van der Waals surface area contributed by atoms with Gasteiger partial charge in [0.05, 0.1) is 5.69 Å². The number of amides is 2. The van der Waals surface area contributed by atoms with Gasteiger partial charge in [0.15, 0.2) is 0 Å².